The maximum Gasteiger partial charge on any atom is 0.128 e. The minimum Gasteiger partial charge on any atom is -0.496 e. The minimum absolute atomic E-state index is 0.731. The number of H-pyrrole nitrogens is 1. The highest BCUT2D eigenvalue weighted by Gasteiger charge is 2.13. The third-order valence-electron chi connectivity index (χ3n) is 2.89. The van der Waals surface area contributed by atoms with Gasteiger partial charge in [0.1, 0.15) is 11.6 Å². The second kappa shape index (κ2) is 5.23. The molecule has 0 radical (unpaired) electrons. The standard InChI is InChI=1S/C14H19N3O/c1-9-5-6-12(18-4)11(7-9)14-10(2)16-13(17-14)8-15-3/h5-7,15H,8H2,1-4H3,(H,16,17). The van der Waals surface area contributed by atoms with Gasteiger partial charge in [-0.25, -0.2) is 4.98 Å². The lowest BCUT2D eigenvalue weighted by molar-refractivity contribution is 0.416. The van der Waals surface area contributed by atoms with E-state index >= 15 is 0 Å². The van der Waals surface area contributed by atoms with Crippen molar-refractivity contribution in [2.45, 2.75) is 20.4 Å². The molecule has 0 fully saturated rings. The van der Waals surface area contributed by atoms with Crippen molar-refractivity contribution in [2.75, 3.05) is 14.2 Å². The van der Waals surface area contributed by atoms with Gasteiger partial charge in [0, 0.05) is 11.3 Å². The first-order chi connectivity index (χ1) is 8.65. The molecule has 1 aromatic carbocycles. The van der Waals surface area contributed by atoms with Gasteiger partial charge in [-0.15, -0.1) is 0 Å². The number of nitrogens with one attached hydrogen (secondary N) is 2. The van der Waals surface area contributed by atoms with Crippen LogP contribution in [0.15, 0.2) is 18.2 Å². The Kier molecular flexibility index (Phi) is 3.67. The summed E-state index contributed by atoms with van der Waals surface area (Å²) in [5.74, 6) is 1.79. The number of imidazole rings is 1. The van der Waals surface area contributed by atoms with Crippen LogP contribution in [0.5, 0.6) is 5.75 Å². The van der Waals surface area contributed by atoms with Crippen LogP contribution < -0.4 is 10.1 Å². The Bertz CT molecular complexity index is 546. The molecule has 4 heteroatoms. The van der Waals surface area contributed by atoms with Gasteiger partial charge in [-0.05, 0) is 33.0 Å². The number of ether oxygens (including phenoxy) is 1. The lowest BCUT2D eigenvalue weighted by Gasteiger charge is -2.08. The van der Waals surface area contributed by atoms with E-state index in [2.05, 4.69) is 28.3 Å². The van der Waals surface area contributed by atoms with E-state index in [1.165, 1.54) is 5.56 Å². The Morgan fingerprint density at radius 2 is 2.11 bits per heavy atom. The molecule has 0 spiro atoms. The highest BCUT2D eigenvalue weighted by molar-refractivity contribution is 5.70. The van der Waals surface area contributed by atoms with Crippen LogP contribution in [0.4, 0.5) is 0 Å². The van der Waals surface area contributed by atoms with E-state index in [1.54, 1.807) is 7.11 Å². The highest BCUT2D eigenvalue weighted by atomic mass is 16.5. The van der Waals surface area contributed by atoms with Gasteiger partial charge >= 0.3 is 0 Å². The van der Waals surface area contributed by atoms with E-state index in [0.29, 0.717) is 0 Å². The average Bonchev–Trinajstić information content (AvgIpc) is 2.70. The minimum atomic E-state index is 0.731. The van der Waals surface area contributed by atoms with Gasteiger partial charge in [-0.2, -0.15) is 0 Å². The molecule has 2 rings (SSSR count). The van der Waals surface area contributed by atoms with Crippen LogP contribution in [-0.4, -0.2) is 24.1 Å². The van der Waals surface area contributed by atoms with Crippen LogP contribution in [0.3, 0.4) is 0 Å². The topological polar surface area (TPSA) is 49.9 Å². The molecule has 0 bridgehead atoms. The van der Waals surface area contributed by atoms with Gasteiger partial charge in [0.25, 0.3) is 0 Å². The molecule has 4 nitrogen and oxygen atoms in total. The predicted octanol–water partition coefficient (Wildman–Crippen LogP) is 2.42. The number of rotatable bonds is 4. The molecule has 1 heterocycles. The summed E-state index contributed by atoms with van der Waals surface area (Å²) in [5.41, 5.74) is 4.25. The van der Waals surface area contributed by atoms with E-state index in [1.807, 2.05) is 26.1 Å². The maximum atomic E-state index is 5.41. The van der Waals surface area contributed by atoms with Crippen LogP contribution in [0.1, 0.15) is 17.1 Å². The average molecular weight is 245 g/mol. The lowest BCUT2D eigenvalue weighted by atomic mass is 10.1. The summed E-state index contributed by atoms with van der Waals surface area (Å²) in [6.07, 6.45) is 0. The lowest BCUT2D eigenvalue weighted by Crippen LogP contribution is -2.06. The van der Waals surface area contributed by atoms with Crippen LogP contribution >= 0.6 is 0 Å². The molecule has 18 heavy (non-hydrogen) atoms. The van der Waals surface area contributed by atoms with E-state index in [0.717, 1.165) is 35.1 Å². The largest absolute Gasteiger partial charge is 0.496 e. The number of benzene rings is 1. The first kappa shape index (κ1) is 12.6. The molecule has 0 aliphatic rings. The molecule has 96 valence electrons. The van der Waals surface area contributed by atoms with E-state index < -0.39 is 0 Å². The molecule has 0 unspecified atom stereocenters. The van der Waals surface area contributed by atoms with Crippen LogP contribution in [0, 0.1) is 13.8 Å². The quantitative estimate of drug-likeness (QED) is 0.869. The Balaban J connectivity index is 2.50. The van der Waals surface area contributed by atoms with E-state index in [-0.39, 0.29) is 0 Å². The monoisotopic (exact) mass is 245 g/mol. The summed E-state index contributed by atoms with van der Waals surface area (Å²) in [5, 5.41) is 3.09. The number of nitrogens with zero attached hydrogens (tertiary/aromatic N) is 1. The van der Waals surface area contributed by atoms with Gasteiger partial charge in [0.15, 0.2) is 0 Å². The first-order valence-corrected chi connectivity index (χ1v) is 6.00. The summed E-state index contributed by atoms with van der Waals surface area (Å²) in [6, 6.07) is 6.13. The van der Waals surface area contributed by atoms with Crippen LogP contribution in [-0.2, 0) is 6.54 Å². The van der Waals surface area contributed by atoms with Gasteiger partial charge in [-0.3, -0.25) is 0 Å². The molecular weight excluding hydrogens is 226 g/mol. The zero-order valence-electron chi connectivity index (χ0n) is 11.3. The van der Waals surface area contributed by atoms with Crippen molar-refractivity contribution in [1.29, 1.82) is 0 Å². The molecular formula is C14H19N3O. The number of methoxy groups -OCH3 is 1. The molecule has 0 amide bonds. The van der Waals surface area contributed by atoms with Gasteiger partial charge in [-0.1, -0.05) is 11.6 Å². The second-order valence-corrected chi connectivity index (χ2v) is 4.39. The predicted molar refractivity (Wildman–Crippen MR) is 72.8 cm³/mol. The molecule has 0 aliphatic heterocycles. The first-order valence-electron chi connectivity index (χ1n) is 6.00. The molecule has 0 atom stereocenters. The normalized spacial score (nSPS) is 10.7. The van der Waals surface area contributed by atoms with Crippen LogP contribution in [0.2, 0.25) is 0 Å². The van der Waals surface area contributed by atoms with Gasteiger partial charge < -0.3 is 15.0 Å². The summed E-state index contributed by atoms with van der Waals surface area (Å²) in [6.45, 7) is 4.83. The van der Waals surface area contributed by atoms with Crippen molar-refractivity contribution < 1.29 is 4.74 Å². The molecule has 0 saturated heterocycles. The summed E-state index contributed by atoms with van der Waals surface area (Å²) in [4.78, 5) is 7.91. The summed E-state index contributed by atoms with van der Waals surface area (Å²) < 4.78 is 5.41. The van der Waals surface area contributed by atoms with Crippen molar-refractivity contribution >= 4 is 0 Å². The van der Waals surface area contributed by atoms with Crippen molar-refractivity contribution in [1.82, 2.24) is 15.3 Å². The number of hydrogen-bond donors (Lipinski definition) is 2. The molecule has 0 saturated carbocycles. The molecule has 1 aromatic heterocycles. The third kappa shape index (κ3) is 2.38. The summed E-state index contributed by atoms with van der Waals surface area (Å²) >= 11 is 0. The zero-order chi connectivity index (χ0) is 13.1. The Morgan fingerprint density at radius 3 is 2.78 bits per heavy atom. The molecule has 0 aliphatic carbocycles. The fraction of sp³-hybridized carbons (Fsp3) is 0.357. The maximum absolute atomic E-state index is 5.41. The smallest absolute Gasteiger partial charge is 0.128 e. The fourth-order valence-corrected chi connectivity index (χ4v) is 2.04. The number of hydrogen-bond acceptors (Lipinski definition) is 3. The Hall–Kier alpha value is -1.81. The number of aromatic amines is 1. The third-order valence-corrected chi connectivity index (χ3v) is 2.89. The second-order valence-electron chi connectivity index (χ2n) is 4.39. The Morgan fingerprint density at radius 1 is 1.33 bits per heavy atom. The Labute approximate surface area is 107 Å². The molecule has 2 N–H and O–H groups in total. The van der Waals surface area contributed by atoms with E-state index in [4.69, 9.17) is 4.74 Å². The van der Waals surface area contributed by atoms with Gasteiger partial charge in [0.05, 0.1) is 19.3 Å². The summed E-state index contributed by atoms with van der Waals surface area (Å²) in [7, 11) is 3.59. The van der Waals surface area contributed by atoms with Crippen molar-refractivity contribution in [3.05, 3.63) is 35.3 Å². The van der Waals surface area contributed by atoms with Crippen molar-refractivity contribution in [2.24, 2.45) is 0 Å². The SMILES string of the molecule is CNCc1nc(-c2cc(C)ccc2OC)c(C)[nH]1. The van der Waals surface area contributed by atoms with Crippen LogP contribution in [0.25, 0.3) is 11.3 Å². The van der Waals surface area contributed by atoms with E-state index in [9.17, 15) is 0 Å². The molecule has 2 aromatic rings. The highest BCUT2D eigenvalue weighted by Crippen LogP contribution is 2.31. The fourth-order valence-electron chi connectivity index (χ4n) is 2.04. The number of aryl methyl sites for hydroxylation is 2. The van der Waals surface area contributed by atoms with Gasteiger partial charge in [0.2, 0.25) is 0 Å². The number of aromatic nitrogens is 2. The van der Waals surface area contributed by atoms with Crippen molar-refractivity contribution in [3.63, 3.8) is 0 Å². The zero-order valence-corrected chi connectivity index (χ0v) is 11.3. The van der Waals surface area contributed by atoms with Crippen molar-refractivity contribution in [3.8, 4) is 17.0 Å².